The highest BCUT2D eigenvalue weighted by atomic mass is 35.5. The van der Waals surface area contributed by atoms with Crippen LogP contribution in [0.4, 0.5) is 0 Å². The Hall–Kier alpha value is 0.250. The molecule has 0 radical (unpaired) electrons. The van der Waals surface area contributed by atoms with Crippen LogP contribution in [0.3, 0.4) is 0 Å². The Kier molecular flexibility index (Phi) is 3.06. The Morgan fingerprint density at radius 3 is 2.17 bits per heavy atom. The van der Waals surface area contributed by atoms with Gasteiger partial charge in [-0.05, 0) is 39.5 Å². The lowest BCUT2D eigenvalue weighted by Crippen LogP contribution is -2.42. The van der Waals surface area contributed by atoms with Crippen LogP contribution in [0.2, 0.25) is 0 Å². The van der Waals surface area contributed by atoms with E-state index in [2.05, 4.69) is 33.0 Å². The smallest absolute Gasteiger partial charge is 0.0377 e. The summed E-state index contributed by atoms with van der Waals surface area (Å²) in [5.74, 6) is 0.673. The topological polar surface area (TPSA) is 12.0 Å². The maximum absolute atomic E-state index is 6.15. The van der Waals surface area contributed by atoms with Gasteiger partial charge in [0.15, 0.2) is 0 Å². The second kappa shape index (κ2) is 3.55. The highest BCUT2D eigenvalue weighted by Crippen LogP contribution is 2.30. The van der Waals surface area contributed by atoms with Crippen molar-refractivity contribution in [3.8, 4) is 0 Å². The van der Waals surface area contributed by atoms with Gasteiger partial charge in [-0.15, -0.1) is 11.6 Å². The third kappa shape index (κ3) is 2.95. The summed E-state index contributed by atoms with van der Waals surface area (Å²) in [6, 6.07) is 0.627. The summed E-state index contributed by atoms with van der Waals surface area (Å²) in [4.78, 5) is 0. The molecule has 0 aromatic carbocycles. The molecule has 3 atom stereocenters. The Balaban J connectivity index is 2.38. The van der Waals surface area contributed by atoms with Crippen LogP contribution in [-0.2, 0) is 0 Å². The molecular weight excluding hydrogens is 170 g/mol. The molecule has 1 rings (SSSR count). The predicted octanol–water partition coefficient (Wildman–Crippen LogP) is 2.78. The average Bonchev–Trinajstić information content (AvgIpc) is 2.07. The molecule has 1 aliphatic rings. The molecule has 1 N–H and O–H groups in total. The lowest BCUT2D eigenvalue weighted by atomic mass is 10.1. The first kappa shape index (κ1) is 10.3. The van der Waals surface area contributed by atoms with Crippen molar-refractivity contribution in [2.24, 2.45) is 5.92 Å². The van der Waals surface area contributed by atoms with Gasteiger partial charge in [-0.25, -0.2) is 0 Å². The van der Waals surface area contributed by atoms with Crippen molar-refractivity contribution < 1.29 is 0 Å². The largest absolute Gasteiger partial charge is 0.309 e. The van der Waals surface area contributed by atoms with E-state index in [-0.39, 0.29) is 5.54 Å². The second-order valence-corrected chi connectivity index (χ2v) is 5.62. The first-order valence-corrected chi connectivity index (χ1v) is 5.24. The summed E-state index contributed by atoms with van der Waals surface area (Å²) in [5.41, 5.74) is 0.228. The van der Waals surface area contributed by atoms with E-state index >= 15 is 0 Å². The summed E-state index contributed by atoms with van der Waals surface area (Å²) in [6.45, 7) is 8.86. The van der Waals surface area contributed by atoms with Crippen LogP contribution in [0.1, 0.15) is 40.5 Å². The van der Waals surface area contributed by atoms with Gasteiger partial charge in [0.2, 0.25) is 0 Å². The molecule has 12 heavy (non-hydrogen) atoms. The van der Waals surface area contributed by atoms with Crippen molar-refractivity contribution in [3.05, 3.63) is 0 Å². The van der Waals surface area contributed by atoms with Crippen molar-refractivity contribution in [2.45, 2.75) is 57.5 Å². The highest BCUT2D eigenvalue weighted by Gasteiger charge is 2.31. The van der Waals surface area contributed by atoms with Gasteiger partial charge < -0.3 is 5.32 Å². The van der Waals surface area contributed by atoms with Gasteiger partial charge in [-0.2, -0.15) is 0 Å². The monoisotopic (exact) mass is 189 g/mol. The van der Waals surface area contributed by atoms with Crippen molar-refractivity contribution in [2.75, 3.05) is 0 Å². The number of rotatable bonds is 1. The molecule has 1 nitrogen and oxygen atoms in total. The number of nitrogens with one attached hydrogen (secondary N) is 1. The highest BCUT2D eigenvalue weighted by molar-refractivity contribution is 6.21. The summed E-state index contributed by atoms with van der Waals surface area (Å²) < 4.78 is 0. The maximum Gasteiger partial charge on any atom is 0.0377 e. The molecule has 0 saturated heterocycles. The molecule has 3 unspecified atom stereocenters. The SMILES string of the molecule is CC1CC(NC(C)(C)C)CC1Cl. The fraction of sp³-hybridized carbons (Fsp3) is 1.00. The zero-order valence-corrected chi connectivity index (χ0v) is 9.28. The van der Waals surface area contributed by atoms with Crippen molar-refractivity contribution in [1.82, 2.24) is 5.32 Å². The Bertz CT molecular complexity index is 140. The number of hydrogen-bond acceptors (Lipinski definition) is 1. The van der Waals surface area contributed by atoms with Crippen LogP contribution in [0, 0.1) is 5.92 Å². The molecule has 1 saturated carbocycles. The van der Waals surface area contributed by atoms with Gasteiger partial charge in [0.1, 0.15) is 0 Å². The summed E-state index contributed by atoms with van der Waals surface area (Å²) in [7, 11) is 0. The number of alkyl halides is 1. The quantitative estimate of drug-likeness (QED) is 0.626. The summed E-state index contributed by atoms with van der Waals surface area (Å²) in [5, 5.41) is 3.97. The first-order valence-electron chi connectivity index (χ1n) is 4.80. The van der Waals surface area contributed by atoms with Gasteiger partial charge in [0.05, 0.1) is 0 Å². The molecule has 0 aliphatic heterocycles. The van der Waals surface area contributed by atoms with E-state index in [0.29, 0.717) is 17.3 Å². The van der Waals surface area contributed by atoms with Crippen molar-refractivity contribution in [1.29, 1.82) is 0 Å². The molecule has 0 aromatic heterocycles. The van der Waals surface area contributed by atoms with Crippen molar-refractivity contribution in [3.63, 3.8) is 0 Å². The van der Waals surface area contributed by atoms with Crippen LogP contribution in [0.5, 0.6) is 0 Å². The molecule has 2 heteroatoms. The molecule has 0 heterocycles. The molecule has 1 aliphatic carbocycles. The van der Waals surface area contributed by atoms with Gasteiger partial charge >= 0.3 is 0 Å². The Labute approximate surface area is 80.9 Å². The van der Waals surface area contributed by atoms with Gasteiger partial charge in [-0.3, -0.25) is 0 Å². The van der Waals surface area contributed by atoms with E-state index in [1.165, 1.54) is 6.42 Å². The molecule has 72 valence electrons. The zero-order chi connectivity index (χ0) is 9.35. The third-order valence-corrected chi connectivity index (χ3v) is 3.03. The average molecular weight is 190 g/mol. The third-order valence-electron chi connectivity index (χ3n) is 2.42. The summed E-state index contributed by atoms with van der Waals surface area (Å²) >= 11 is 6.15. The van der Waals surface area contributed by atoms with Gasteiger partial charge in [-0.1, -0.05) is 6.92 Å². The minimum Gasteiger partial charge on any atom is -0.309 e. The van der Waals surface area contributed by atoms with Gasteiger partial charge in [0.25, 0.3) is 0 Å². The van der Waals surface area contributed by atoms with Crippen LogP contribution in [-0.4, -0.2) is 17.0 Å². The first-order chi connectivity index (χ1) is 5.38. The lowest BCUT2D eigenvalue weighted by molar-refractivity contribution is 0.356. The van der Waals surface area contributed by atoms with E-state index in [1.54, 1.807) is 0 Å². The molecule has 0 spiro atoms. The Morgan fingerprint density at radius 1 is 1.25 bits per heavy atom. The fourth-order valence-electron chi connectivity index (χ4n) is 1.93. The van der Waals surface area contributed by atoms with E-state index < -0.39 is 0 Å². The van der Waals surface area contributed by atoms with Crippen LogP contribution in [0.25, 0.3) is 0 Å². The molecular formula is C10H20ClN. The normalized spacial score (nSPS) is 37.2. The van der Waals surface area contributed by atoms with Gasteiger partial charge in [0, 0.05) is 17.0 Å². The van der Waals surface area contributed by atoms with Crippen LogP contribution < -0.4 is 5.32 Å². The second-order valence-electron chi connectivity index (χ2n) is 5.06. The van der Waals surface area contributed by atoms with E-state index in [4.69, 9.17) is 11.6 Å². The standard InChI is InChI=1S/C10H20ClN/c1-7-5-8(6-9(7)11)12-10(2,3)4/h7-9,12H,5-6H2,1-4H3. The predicted molar refractivity (Wildman–Crippen MR) is 54.7 cm³/mol. The van der Waals surface area contributed by atoms with Crippen LogP contribution >= 0.6 is 11.6 Å². The zero-order valence-electron chi connectivity index (χ0n) is 8.52. The minimum absolute atomic E-state index is 0.228. The minimum atomic E-state index is 0.228. The molecule has 0 bridgehead atoms. The summed E-state index contributed by atoms with van der Waals surface area (Å²) in [6.07, 6.45) is 2.35. The molecule has 0 amide bonds. The van der Waals surface area contributed by atoms with E-state index in [0.717, 1.165) is 6.42 Å². The number of hydrogen-bond donors (Lipinski definition) is 1. The fourth-order valence-corrected chi connectivity index (χ4v) is 2.24. The maximum atomic E-state index is 6.15. The van der Waals surface area contributed by atoms with E-state index in [9.17, 15) is 0 Å². The Morgan fingerprint density at radius 2 is 1.83 bits per heavy atom. The van der Waals surface area contributed by atoms with E-state index in [1.807, 2.05) is 0 Å². The number of halogens is 1. The van der Waals surface area contributed by atoms with Crippen molar-refractivity contribution >= 4 is 11.6 Å². The lowest BCUT2D eigenvalue weighted by Gasteiger charge is -2.25. The van der Waals surface area contributed by atoms with Crippen LogP contribution in [0.15, 0.2) is 0 Å². The molecule has 1 fully saturated rings. The molecule has 0 aromatic rings.